The van der Waals surface area contributed by atoms with Crippen molar-refractivity contribution < 1.29 is 4.79 Å². The molecule has 0 spiro atoms. The highest BCUT2D eigenvalue weighted by atomic mass is 35.5. The Morgan fingerprint density at radius 2 is 2.00 bits per heavy atom. The van der Waals surface area contributed by atoms with Gasteiger partial charge in [0.2, 0.25) is 5.91 Å². The zero-order valence-corrected chi connectivity index (χ0v) is 11.5. The second-order valence-corrected chi connectivity index (χ2v) is 5.51. The van der Waals surface area contributed by atoms with Gasteiger partial charge in [-0.2, -0.15) is 0 Å². The molecule has 3 nitrogen and oxygen atoms in total. The predicted molar refractivity (Wildman–Crippen MR) is 72.4 cm³/mol. The van der Waals surface area contributed by atoms with Gasteiger partial charge in [0, 0.05) is 13.0 Å². The standard InChI is InChI=1S/C13H24N2O.ClH/c1-10-8-12(10)9-15-13(16)3-2-11-4-6-14-7-5-11;/h10-12,14H,2-9H2,1H3,(H,15,16);1H. The van der Waals surface area contributed by atoms with Crippen LogP contribution in [0.1, 0.15) is 39.0 Å². The third kappa shape index (κ3) is 5.26. The van der Waals surface area contributed by atoms with E-state index in [0.717, 1.165) is 50.2 Å². The van der Waals surface area contributed by atoms with E-state index in [2.05, 4.69) is 17.6 Å². The van der Waals surface area contributed by atoms with Gasteiger partial charge in [-0.05, 0) is 56.5 Å². The van der Waals surface area contributed by atoms with Crippen molar-refractivity contribution in [2.75, 3.05) is 19.6 Å². The SMILES string of the molecule is CC1CC1CNC(=O)CCC1CCNCC1.Cl. The molecule has 2 unspecified atom stereocenters. The quantitative estimate of drug-likeness (QED) is 0.794. The third-order valence-electron chi connectivity index (χ3n) is 4.08. The van der Waals surface area contributed by atoms with Gasteiger partial charge in [-0.1, -0.05) is 6.92 Å². The summed E-state index contributed by atoms with van der Waals surface area (Å²) in [6.45, 7) is 5.43. The number of nitrogens with one attached hydrogen (secondary N) is 2. The number of hydrogen-bond acceptors (Lipinski definition) is 2. The number of rotatable bonds is 5. The Morgan fingerprint density at radius 3 is 2.59 bits per heavy atom. The number of carbonyl (C=O) groups excluding carboxylic acids is 1. The molecule has 2 N–H and O–H groups in total. The fourth-order valence-electron chi connectivity index (χ4n) is 2.52. The maximum atomic E-state index is 11.6. The molecule has 100 valence electrons. The molecule has 2 atom stereocenters. The summed E-state index contributed by atoms with van der Waals surface area (Å²) in [5.41, 5.74) is 0. The average molecular weight is 261 g/mol. The largest absolute Gasteiger partial charge is 0.356 e. The molecule has 0 aromatic heterocycles. The molecule has 17 heavy (non-hydrogen) atoms. The lowest BCUT2D eigenvalue weighted by Gasteiger charge is -2.22. The second-order valence-electron chi connectivity index (χ2n) is 5.51. The molecular weight excluding hydrogens is 236 g/mol. The molecule has 4 heteroatoms. The first-order valence-corrected chi connectivity index (χ1v) is 6.73. The molecule has 2 aliphatic rings. The minimum Gasteiger partial charge on any atom is -0.356 e. The summed E-state index contributed by atoms with van der Waals surface area (Å²) in [6.07, 6.45) is 5.59. The number of piperidine rings is 1. The Morgan fingerprint density at radius 1 is 1.35 bits per heavy atom. The van der Waals surface area contributed by atoms with Gasteiger partial charge in [0.15, 0.2) is 0 Å². The molecule has 0 aromatic rings. The Balaban J connectivity index is 0.00000144. The van der Waals surface area contributed by atoms with Crippen molar-refractivity contribution in [1.29, 1.82) is 0 Å². The number of halogens is 1. The number of hydrogen-bond donors (Lipinski definition) is 2. The highest BCUT2D eigenvalue weighted by Crippen LogP contribution is 2.36. The third-order valence-corrected chi connectivity index (χ3v) is 4.08. The van der Waals surface area contributed by atoms with E-state index >= 15 is 0 Å². The normalized spacial score (nSPS) is 28.3. The Hall–Kier alpha value is -0.280. The van der Waals surface area contributed by atoms with Gasteiger partial charge in [0.05, 0.1) is 0 Å². The lowest BCUT2D eigenvalue weighted by Crippen LogP contribution is -2.30. The zero-order chi connectivity index (χ0) is 11.4. The van der Waals surface area contributed by atoms with Crippen molar-refractivity contribution in [2.24, 2.45) is 17.8 Å². The van der Waals surface area contributed by atoms with Crippen LogP contribution in [0.2, 0.25) is 0 Å². The van der Waals surface area contributed by atoms with Crippen molar-refractivity contribution in [3.8, 4) is 0 Å². The molecule has 1 saturated carbocycles. The van der Waals surface area contributed by atoms with Crippen molar-refractivity contribution >= 4 is 18.3 Å². The first-order chi connectivity index (χ1) is 7.75. The van der Waals surface area contributed by atoms with Crippen molar-refractivity contribution in [1.82, 2.24) is 10.6 Å². The van der Waals surface area contributed by atoms with Gasteiger partial charge in [-0.25, -0.2) is 0 Å². The molecular formula is C13H25ClN2O. The van der Waals surface area contributed by atoms with Crippen LogP contribution in [0.15, 0.2) is 0 Å². The summed E-state index contributed by atoms with van der Waals surface area (Å²) in [5.74, 6) is 2.64. The topological polar surface area (TPSA) is 41.1 Å². The van der Waals surface area contributed by atoms with E-state index in [-0.39, 0.29) is 18.3 Å². The van der Waals surface area contributed by atoms with Crippen LogP contribution in [0, 0.1) is 17.8 Å². The molecule has 2 fully saturated rings. The zero-order valence-electron chi connectivity index (χ0n) is 10.7. The maximum absolute atomic E-state index is 11.6. The Bertz CT molecular complexity index is 242. The van der Waals surface area contributed by atoms with E-state index < -0.39 is 0 Å². The van der Waals surface area contributed by atoms with Crippen LogP contribution < -0.4 is 10.6 Å². The molecule has 0 radical (unpaired) electrons. The van der Waals surface area contributed by atoms with Gasteiger partial charge < -0.3 is 10.6 Å². The van der Waals surface area contributed by atoms with Gasteiger partial charge in [0.25, 0.3) is 0 Å². The van der Waals surface area contributed by atoms with Gasteiger partial charge >= 0.3 is 0 Å². The molecule has 1 aliphatic carbocycles. The first kappa shape index (κ1) is 14.8. The fourth-order valence-corrected chi connectivity index (χ4v) is 2.52. The van der Waals surface area contributed by atoms with Gasteiger partial charge in [0.1, 0.15) is 0 Å². The summed E-state index contributed by atoms with van der Waals surface area (Å²) in [4.78, 5) is 11.6. The Labute approximate surface area is 111 Å². The summed E-state index contributed by atoms with van der Waals surface area (Å²) >= 11 is 0. The molecule has 0 bridgehead atoms. The molecule has 1 aliphatic heterocycles. The van der Waals surface area contributed by atoms with E-state index in [9.17, 15) is 4.79 Å². The minimum atomic E-state index is 0. The van der Waals surface area contributed by atoms with E-state index in [1.165, 1.54) is 19.3 Å². The highest BCUT2D eigenvalue weighted by Gasteiger charge is 2.32. The van der Waals surface area contributed by atoms with Crippen LogP contribution in [0.25, 0.3) is 0 Å². The van der Waals surface area contributed by atoms with Crippen LogP contribution in [0.5, 0.6) is 0 Å². The van der Waals surface area contributed by atoms with Crippen molar-refractivity contribution in [3.05, 3.63) is 0 Å². The van der Waals surface area contributed by atoms with Crippen LogP contribution in [0.4, 0.5) is 0 Å². The number of carbonyl (C=O) groups is 1. The van der Waals surface area contributed by atoms with E-state index in [1.807, 2.05) is 0 Å². The lowest BCUT2D eigenvalue weighted by molar-refractivity contribution is -0.121. The number of amides is 1. The highest BCUT2D eigenvalue weighted by molar-refractivity contribution is 5.85. The lowest BCUT2D eigenvalue weighted by atomic mass is 9.93. The monoisotopic (exact) mass is 260 g/mol. The van der Waals surface area contributed by atoms with Crippen LogP contribution in [-0.2, 0) is 4.79 Å². The van der Waals surface area contributed by atoms with Crippen LogP contribution >= 0.6 is 12.4 Å². The molecule has 2 rings (SSSR count). The smallest absolute Gasteiger partial charge is 0.220 e. The first-order valence-electron chi connectivity index (χ1n) is 6.73. The van der Waals surface area contributed by atoms with Gasteiger partial charge in [-0.15, -0.1) is 12.4 Å². The molecule has 0 aromatic carbocycles. The predicted octanol–water partition coefficient (Wildman–Crippen LogP) is 1.96. The van der Waals surface area contributed by atoms with Gasteiger partial charge in [-0.3, -0.25) is 4.79 Å². The summed E-state index contributed by atoms with van der Waals surface area (Å²) in [7, 11) is 0. The van der Waals surface area contributed by atoms with E-state index in [4.69, 9.17) is 0 Å². The summed E-state index contributed by atoms with van der Waals surface area (Å²) < 4.78 is 0. The van der Waals surface area contributed by atoms with Crippen molar-refractivity contribution in [3.63, 3.8) is 0 Å². The summed E-state index contributed by atoms with van der Waals surface area (Å²) in [5, 5.41) is 6.42. The molecule has 1 heterocycles. The average Bonchev–Trinajstić information content (AvgIpc) is 3.01. The van der Waals surface area contributed by atoms with Crippen LogP contribution in [0.3, 0.4) is 0 Å². The van der Waals surface area contributed by atoms with Crippen molar-refractivity contribution in [2.45, 2.75) is 39.0 Å². The maximum Gasteiger partial charge on any atom is 0.220 e. The minimum absolute atomic E-state index is 0. The van der Waals surface area contributed by atoms with E-state index in [0.29, 0.717) is 0 Å². The molecule has 1 saturated heterocycles. The second kappa shape index (κ2) is 7.22. The Kier molecular flexibility index (Phi) is 6.28. The van der Waals surface area contributed by atoms with Crippen LogP contribution in [-0.4, -0.2) is 25.5 Å². The fraction of sp³-hybridized carbons (Fsp3) is 0.923. The molecule has 1 amide bonds. The summed E-state index contributed by atoms with van der Waals surface area (Å²) in [6, 6.07) is 0. The van der Waals surface area contributed by atoms with E-state index in [1.54, 1.807) is 0 Å².